The fourth-order valence-electron chi connectivity index (χ4n) is 3.23. The zero-order chi connectivity index (χ0) is 21.2. The Morgan fingerprint density at radius 3 is 2.59 bits per heavy atom. The number of ether oxygens (including phenoxy) is 1. The van der Waals surface area contributed by atoms with E-state index in [0.717, 1.165) is 18.2 Å². The number of nitrogens with one attached hydrogen (secondary N) is 1. The Hall–Kier alpha value is -3.28. The largest absolute Gasteiger partial charge is 0.444 e. The van der Waals surface area contributed by atoms with Gasteiger partial charge in [0.05, 0.1) is 24.0 Å². The molecule has 2 unspecified atom stereocenters. The number of alkyl carbamates (subject to hydrolysis) is 1. The Kier molecular flexibility index (Phi) is 5.64. The van der Waals surface area contributed by atoms with E-state index < -0.39 is 35.3 Å². The summed E-state index contributed by atoms with van der Waals surface area (Å²) in [5.74, 6) is -1.34. The number of anilines is 1. The van der Waals surface area contributed by atoms with Crippen LogP contribution in [0.3, 0.4) is 0 Å². The zero-order valence-corrected chi connectivity index (χ0v) is 16.3. The fourth-order valence-corrected chi connectivity index (χ4v) is 3.23. The molecule has 0 aliphatic carbocycles. The van der Waals surface area contributed by atoms with Crippen LogP contribution in [-0.2, 0) is 4.74 Å². The second-order valence-corrected chi connectivity index (χ2v) is 7.81. The molecule has 1 saturated heterocycles. The molecule has 2 heterocycles. The quantitative estimate of drug-likeness (QED) is 0.850. The molecule has 1 aromatic heterocycles. The van der Waals surface area contributed by atoms with Crippen LogP contribution in [0.1, 0.15) is 37.8 Å². The number of carbonyl (C=O) groups is 1. The molecule has 1 aliphatic heterocycles. The SMILES string of the molecule is CC(C)(C)OC(=O)NC1CN(c2ncc(C#N)cn2)CC1c1cc(F)ccc1F. The van der Waals surface area contributed by atoms with Gasteiger partial charge in [0, 0.05) is 19.0 Å². The molecule has 1 N–H and O–H groups in total. The first-order chi connectivity index (χ1) is 13.7. The predicted octanol–water partition coefficient (Wildman–Crippen LogP) is 3.12. The van der Waals surface area contributed by atoms with Crippen molar-refractivity contribution in [1.29, 1.82) is 5.26 Å². The monoisotopic (exact) mass is 401 g/mol. The van der Waals surface area contributed by atoms with E-state index in [1.165, 1.54) is 12.4 Å². The number of nitriles is 1. The van der Waals surface area contributed by atoms with Crippen molar-refractivity contribution in [1.82, 2.24) is 15.3 Å². The Bertz CT molecular complexity index is 937. The molecular formula is C20H21F2N5O2. The van der Waals surface area contributed by atoms with Gasteiger partial charge in [-0.1, -0.05) is 0 Å². The third kappa shape index (κ3) is 4.96. The summed E-state index contributed by atoms with van der Waals surface area (Å²) in [4.78, 5) is 22.3. The van der Waals surface area contributed by atoms with Gasteiger partial charge in [-0.3, -0.25) is 0 Å². The molecule has 7 nitrogen and oxygen atoms in total. The number of halogens is 2. The number of amides is 1. The van der Waals surface area contributed by atoms with Gasteiger partial charge in [-0.05, 0) is 44.5 Å². The van der Waals surface area contributed by atoms with E-state index in [1.807, 2.05) is 6.07 Å². The van der Waals surface area contributed by atoms with Crippen LogP contribution in [0.25, 0.3) is 0 Å². The lowest BCUT2D eigenvalue weighted by Gasteiger charge is -2.24. The first-order valence-corrected chi connectivity index (χ1v) is 9.08. The van der Waals surface area contributed by atoms with Crippen molar-refractivity contribution in [3.8, 4) is 6.07 Å². The van der Waals surface area contributed by atoms with E-state index in [9.17, 15) is 13.6 Å². The molecule has 9 heteroatoms. The Morgan fingerprint density at radius 1 is 1.28 bits per heavy atom. The molecule has 1 amide bonds. The highest BCUT2D eigenvalue weighted by molar-refractivity contribution is 5.68. The van der Waals surface area contributed by atoms with Crippen LogP contribution in [0.5, 0.6) is 0 Å². The molecule has 0 spiro atoms. The van der Waals surface area contributed by atoms with E-state index in [1.54, 1.807) is 25.7 Å². The number of aromatic nitrogens is 2. The standard InChI is InChI=1S/C20H21F2N5O2/c1-20(2,3)29-19(28)26-17-11-27(18-24-8-12(7-23)9-25-18)10-15(17)14-6-13(21)4-5-16(14)22/h4-6,8-9,15,17H,10-11H2,1-3H3,(H,26,28). The summed E-state index contributed by atoms with van der Waals surface area (Å²) in [7, 11) is 0. The van der Waals surface area contributed by atoms with Crippen molar-refractivity contribution < 1.29 is 18.3 Å². The molecule has 152 valence electrons. The summed E-state index contributed by atoms with van der Waals surface area (Å²) in [5.41, 5.74) is -0.232. The second kappa shape index (κ2) is 7.99. The summed E-state index contributed by atoms with van der Waals surface area (Å²) in [5, 5.41) is 11.6. The number of carbonyl (C=O) groups excluding carboxylic acids is 1. The molecule has 1 fully saturated rings. The van der Waals surface area contributed by atoms with E-state index in [4.69, 9.17) is 10.00 Å². The van der Waals surface area contributed by atoms with Gasteiger partial charge < -0.3 is 15.0 Å². The Morgan fingerprint density at radius 2 is 1.97 bits per heavy atom. The van der Waals surface area contributed by atoms with Gasteiger partial charge in [-0.2, -0.15) is 5.26 Å². The van der Waals surface area contributed by atoms with Crippen molar-refractivity contribution in [2.24, 2.45) is 0 Å². The average molecular weight is 401 g/mol. The molecule has 0 radical (unpaired) electrons. The van der Waals surface area contributed by atoms with E-state index >= 15 is 0 Å². The topological polar surface area (TPSA) is 91.1 Å². The molecule has 3 rings (SSSR count). The lowest BCUT2D eigenvalue weighted by atomic mass is 9.94. The highest BCUT2D eigenvalue weighted by Crippen LogP contribution is 2.32. The lowest BCUT2D eigenvalue weighted by Crippen LogP contribution is -2.43. The van der Waals surface area contributed by atoms with E-state index in [0.29, 0.717) is 11.5 Å². The summed E-state index contributed by atoms with van der Waals surface area (Å²) < 4.78 is 33.5. The van der Waals surface area contributed by atoms with Gasteiger partial charge in [-0.15, -0.1) is 0 Å². The van der Waals surface area contributed by atoms with Gasteiger partial charge in [-0.25, -0.2) is 23.5 Å². The molecule has 0 saturated carbocycles. The number of benzene rings is 1. The number of hydrogen-bond acceptors (Lipinski definition) is 6. The maximum Gasteiger partial charge on any atom is 0.407 e. The predicted molar refractivity (Wildman–Crippen MR) is 101 cm³/mol. The summed E-state index contributed by atoms with van der Waals surface area (Å²) in [6, 6.07) is 4.63. The Balaban J connectivity index is 1.88. The van der Waals surface area contributed by atoms with Crippen molar-refractivity contribution in [3.63, 3.8) is 0 Å². The highest BCUT2D eigenvalue weighted by atomic mass is 19.1. The molecule has 2 atom stereocenters. The first-order valence-electron chi connectivity index (χ1n) is 9.08. The summed E-state index contributed by atoms with van der Waals surface area (Å²) >= 11 is 0. The Labute approximate surface area is 167 Å². The minimum Gasteiger partial charge on any atom is -0.444 e. The third-order valence-electron chi connectivity index (χ3n) is 4.43. The van der Waals surface area contributed by atoms with Crippen LogP contribution >= 0.6 is 0 Å². The molecule has 1 aromatic carbocycles. The molecular weight excluding hydrogens is 380 g/mol. The van der Waals surface area contributed by atoms with Crippen LogP contribution < -0.4 is 10.2 Å². The molecule has 2 aromatic rings. The van der Waals surface area contributed by atoms with Crippen LogP contribution in [0.15, 0.2) is 30.6 Å². The van der Waals surface area contributed by atoms with Gasteiger partial charge >= 0.3 is 6.09 Å². The van der Waals surface area contributed by atoms with E-state index in [2.05, 4.69) is 15.3 Å². The van der Waals surface area contributed by atoms with Gasteiger partial charge in [0.15, 0.2) is 0 Å². The van der Waals surface area contributed by atoms with Crippen molar-refractivity contribution in [2.75, 3.05) is 18.0 Å². The summed E-state index contributed by atoms with van der Waals surface area (Å²) in [6.45, 7) is 5.74. The zero-order valence-electron chi connectivity index (χ0n) is 16.3. The van der Waals surface area contributed by atoms with Gasteiger partial charge in [0.1, 0.15) is 23.3 Å². The maximum absolute atomic E-state index is 14.4. The van der Waals surface area contributed by atoms with E-state index in [-0.39, 0.29) is 18.7 Å². The van der Waals surface area contributed by atoms with Crippen molar-refractivity contribution in [3.05, 3.63) is 53.4 Å². The minimum atomic E-state index is -0.696. The number of rotatable bonds is 3. The van der Waals surface area contributed by atoms with Gasteiger partial charge in [0.2, 0.25) is 5.95 Å². The lowest BCUT2D eigenvalue weighted by molar-refractivity contribution is 0.0504. The average Bonchev–Trinajstić information content (AvgIpc) is 3.05. The minimum absolute atomic E-state index is 0.155. The summed E-state index contributed by atoms with van der Waals surface area (Å²) in [6.07, 6.45) is 2.12. The van der Waals surface area contributed by atoms with Crippen LogP contribution in [-0.4, -0.2) is 40.8 Å². The van der Waals surface area contributed by atoms with Gasteiger partial charge in [0.25, 0.3) is 0 Å². The van der Waals surface area contributed by atoms with Crippen molar-refractivity contribution in [2.45, 2.75) is 38.3 Å². The molecule has 1 aliphatic rings. The second-order valence-electron chi connectivity index (χ2n) is 7.81. The first kappa shape index (κ1) is 20.5. The number of hydrogen-bond donors (Lipinski definition) is 1. The smallest absolute Gasteiger partial charge is 0.407 e. The van der Waals surface area contributed by atoms with Crippen LogP contribution in [0.4, 0.5) is 19.5 Å². The van der Waals surface area contributed by atoms with Crippen LogP contribution in [0, 0.1) is 23.0 Å². The third-order valence-corrected chi connectivity index (χ3v) is 4.43. The molecule has 29 heavy (non-hydrogen) atoms. The fraction of sp³-hybridized carbons (Fsp3) is 0.400. The van der Waals surface area contributed by atoms with Crippen LogP contribution in [0.2, 0.25) is 0 Å². The molecule has 0 bridgehead atoms. The maximum atomic E-state index is 14.4. The highest BCUT2D eigenvalue weighted by Gasteiger charge is 2.38. The van der Waals surface area contributed by atoms with Crippen molar-refractivity contribution >= 4 is 12.0 Å². The number of nitrogens with zero attached hydrogens (tertiary/aromatic N) is 4. The normalized spacial score (nSPS) is 19.0.